The zero-order valence-corrected chi connectivity index (χ0v) is 8.21. The normalized spacial score (nSPS) is 9.65. The molecular formula is C10H6O7. The predicted octanol–water partition coefficient (Wildman–Crippen LogP) is 0.594. The van der Waals surface area contributed by atoms with Gasteiger partial charge in [0.05, 0.1) is 16.7 Å². The van der Waals surface area contributed by atoms with Gasteiger partial charge in [0.15, 0.2) is 6.29 Å². The maximum atomic E-state index is 10.9. The van der Waals surface area contributed by atoms with Gasteiger partial charge in [-0.15, -0.1) is 0 Å². The molecule has 7 heteroatoms. The van der Waals surface area contributed by atoms with Gasteiger partial charge >= 0.3 is 17.9 Å². The molecule has 0 aromatic heterocycles. The third-order valence-electron chi connectivity index (χ3n) is 2.04. The van der Waals surface area contributed by atoms with Gasteiger partial charge in [0.2, 0.25) is 0 Å². The number of aromatic carboxylic acids is 3. The van der Waals surface area contributed by atoms with Crippen molar-refractivity contribution < 1.29 is 34.5 Å². The number of carbonyl (C=O) groups excluding carboxylic acids is 1. The second-order valence-electron chi connectivity index (χ2n) is 2.98. The molecule has 0 bridgehead atoms. The first-order valence-electron chi connectivity index (χ1n) is 4.22. The fourth-order valence-corrected chi connectivity index (χ4v) is 1.34. The van der Waals surface area contributed by atoms with Crippen LogP contribution in [0.4, 0.5) is 0 Å². The molecule has 0 aliphatic heterocycles. The van der Waals surface area contributed by atoms with E-state index in [1.165, 1.54) is 0 Å². The number of carbonyl (C=O) groups is 4. The lowest BCUT2D eigenvalue weighted by Gasteiger charge is -2.07. The van der Waals surface area contributed by atoms with Crippen molar-refractivity contribution in [1.82, 2.24) is 0 Å². The van der Waals surface area contributed by atoms with E-state index in [-0.39, 0.29) is 6.29 Å². The van der Waals surface area contributed by atoms with Crippen LogP contribution in [0.15, 0.2) is 12.1 Å². The average Bonchev–Trinajstić information content (AvgIpc) is 2.26. The van der Waals surface area contributed by atoms with E-state index < -0.39 is 40.2 Å². The lowest BCUT2D eigenvalue weighted by atomic mass is 9.96. The third-order valence-corrected chi connectivity index (χ3v) is 2.04. The number of benzene rings is 1. The fourth-order valence-electron chi connectivity index (χ4n) is 1.34. The Hall–Kier alpha value is -2.70. The minimum atomic E-state index is -1.67. The first-order valence-corrected chi connectivity index (χ1v) is 4.22. The summed E-state index contributed by atoms with van der Waals surface area (Å²) in [6, 6.07) is 1.71. The Bertz CT molecular complexity index is 530. The van der Waals surface area contributed by atoms with Crippen LogP contribution < -0.4 is 0 Å². The molecule has 1 aromatic carbocycles. The lowest BCUT2D eigenvalue weighted by molar-refractivity contribution is 0.0647. The van der Waals surface area contributed by atoms with Gasteiger partial charge in [0.1, 0.15) is 0 Å². The monoisotopic (exact) mass is 238 g/mol. The van der Waals surface area contributed by atoms with E-state index in [1.54, 1.807) is 0 Å². The van der Waals surface area contributed by atoms with Gasteiger partial charge in [-0.1, -0.05) is 0 Å². The molecule has 0 spiro atoms. The molecule has 0 aliphatic carbocycles. The number of rotatable bonds is 4. The highest BCUT2D eigenvalue weighted by atomic mass is 16.4. The van der Waals surface area contributed by atoms with Crippen molar-refractivity contribution in [3.05, 3.63) is 34.4 Å². The zero-order chi connectivity index (χ0) is 13.2. The number of carboxylic acids is 3. The fraction of sp³-hybridized carbons (Fsp3) is 0. The molecule has 88 valence electrons. The summed E-state index contributed by atoms with van der Waals surface area (Å²) >= 11 is 0. The Morgan fingerprint density at radius 1 is 0.882 bits per heavy atom. The van der Waals surface area contributed by atoms with Crippen LogP contribution in [0.5, 0.6) is 0 Å². The number of hydrogen-bond donors (Lipinski definition) is 3. The van der Waals surface area contributed by atoms with E-state index in [2.05, 4.69) is 0 Å². The molecule has 17 heavy (non-hydrogen) atoms. The van der Waals surface area contributed by atoms with Gasteiger partial charge in [-0.2, -0.15) is 0 Å². The smallest absolute Gasteiger partial charge is 0.337 e. The molecule has 1 aromatic rings. The van der Waals surface area contributed by atoms with Gasteiger partial charge in [-0.05, 0) is 12.1 Å². The minimum Gasteiger partial charge on any atom is -0.478 e. The summed E-state index contributed by atoms with van der Waals surface area (Å²) in [4.78, 5) is 43.1. The Morgan fingerprint density at radius 2 is 1.35 bits per heavy atom. The first kappa shape index (κ1) is 12.4. The van der Waals surface area contributed by atoms with Crippen LogP contribution in [-0.2, 0) is 0 Å². The quantitative estimate of drug-likeness (QED) is 0.654. The standard InChI is InChI=1S/C10H6O7/c11-3-6-4(8(12)13)1-2-5(9(14)15)7(6)10(16)17/h1-3H,(H,12,13)(H,14,15)(H,16,17). The summed E-state index contributed by atoms with van der Waals surface area (Å²) in [5.74, 6) is -4.73. The van der Waals surface area contributed by atoms with Crippen molar-refractivity contribution in [3.63, 3.8) is 0 Å². The van der Waals surface area contributed by atoms with Gasteiger partial charge < -0.3 is 15.3 Å². The van der Waals surface area contributed by atoms with Crippen LogP contribution in [0.1, 0.15) is 41.4 Å². The highest BCUT2D eigenvalue weighted by Gasteiger charge is 2.24. The van der Waals surface area contributed by atoms with Crippen LogP contribution >= 0.6 is 0 Å². The first-order chi connectivity index (χ1) is 7.90. The summed E-state index contributed by atoms with van der Waals surface area (Å²) in [6.45, 7) is 0. The van der Waals surface area contributed by atoms with E-state index in [4.69, 9.17) is 15.3 Å². The van der Waals surface area contributed by atoms with Crippen LogP contribution in [0.3, 0.4) is 0 Å². The molecule has 0 saturated heterocycles. The summed E-state index contributed by atoms with van der Waals surface area (Å²) in [6.07, 6.45) is 0.0132. The van der Waals surface area contributed by atoms with E-state index in [9.17, 15) is 19.2 Å². The van der Waals surface area contributed by atoms with Gasteiger partial charge in [0.25, 0.3) is 0 Å². The van der Waals surface area contributed by atoms with Gasteiger partial charge in [-0.25, -0.2) is 14.4 Å². The minimum absolute atomic E-state index is 0.0132. The second-order valence-corrected chi connectivity index (χ2v) is 2.98. The SMILES string of the molecule is O=Cc1c(C(=O)O)ccc(C(=O)O)c1C(=O)O. The second kappa shape index (κ2) is 4.44. The van der Waals surface area contributed by atoms with Crippen molar-refractivity contribution >= 4 is 24.2 Å². The third kappa shape index (κ3) is 2.12. The largest absolute Gasteiger partial charge is 0.478 e. The highest BCUT2D eigenvalue weighted by Crippen LogP contribution is 2.18. The predicted molar refractivity (Wildman–Crippen MR) is 52.7 cm³/mol. The summed E-state index contributed by atoms with van der Waals surface area (Å²) in [7, 11) is 0. The molecule has 7 nitrogen and oxygen atoms in total. The highest BCUT2D eigenvalue weighted by molar-refractivity contribution is 6.11. The van der Waals surface area contributed by atoms with Crippen LogP contribution in [0.25, 0.3) is 0 Å². The molecule has 3 N–H and O–H groups in total. The topological polar surface area (TPSA) is 129 Å². The van der Waals surface area contributed by atoms with E-state index in [1.807, 2.05) is 0 Å². The maximum Gasteiger partial charge on any atom is 0.337 e. The van der Waals surface area contributed by atoms with Crippen LogP contribution in [0.2, 0.25) is 0 Å². The molecule has 0 amide bonds. The molecule has 0 saturated carbocycles. The molecule has 0 fully saturated rings. The Morgan fingerprint density at radius 3 is 1.71 bits per heavy atom. The van der Waals surface area contributed by atoms with Crippen molar-refractivity contribution in [2.24, 2.45) is 0 Å². The van der Waals surface area contributed by atoms with Crippen LogP contribution in [0, 0.1) is 0 Å². The molecule has 0 atom stereocenters. The van der Waals surface area contributed by atoms with Crippen molar-refractivity contribution in [2.45, 2.75) is 0 Å². The summed E-state index contributed by atoms with van der Waals surface area (Å²) in [5, 5.41) is 26.3. The zero-order valence-electron chi connectivity index (χ0n) is 8.21. The van der Waals surface area contributed by atoms with Gasteiger partial charge in [-0.3, -0.25) is 4.79 Å². The number of aldehydes is 1. The van der Waals surface area contributed by atoms with Crippen molar-refractivity contribution in [2.75, 3.05) is 0 Å². The van der Waals surface area contributed by atoms with E-state index in [0.717, 1.165) is 12.1 Å². The van der Waals surface area contributed by atoms with Crippen LogP contribution in [-0.4, -0.2) is 39.5 Å². The summed E-state index contributed by atoms with van der Waals surface area (Å²) < 4.78 is 0. The molecule has 1 rings (SSSR count). The Balaban J connectivity index is 3.73. The molecule has 0 aliphatic rings. The van der Waals surface area contributed by atoms with Crippen molar-refractivity contribution in [1.29, 1.82) is 0 Å². The molecule has 0 heterocycles. The average molecular weight is 238 g/mol. The number of hydrogen-bond acceptors (Lipinski definition) is 4. The van der Waals surface area contributed by atoms with E-state index >= 15 is 0 Å². The molecular weight excluding hydrogens is 232 g/mol. The maximum absolute atomic E-state index is 10.9. The number of carboxylic acid groups (broad SMARTS) is 3. The summed E-state index contributed by atoms with van der Waals surface area (Å²) in [5.41, 5.74) is -2.68. The van der Waals surface area contributed by atoms with E-state index in [0.29, 0.717) is 0 Å². The van der Waals surface area contributed by atoms with Gasteiger partial charge in [0, 0.05) is 5.56 Å². The lowest BCUT2D eigenvalue weighted by Crippen LogP contribution is -2.15. The molecule has 0 unspecified atom stereocenters. The van der Waals surface area contributed by atoms with Crippen molar-refractivity contribution in [3.8, 4) is 0 Å². The Labute approximate surface area is 93.9 Å². The Kier molecular flexibility index (Phi) is 3.23. The molecule has 0 radical (unpaired) electrons.